The van der Waals surface area contributed by atoms with Crippen molar-refractivity contribution in [3.05, 3.63) is 47.1 Å². The van der Waals surface area contributed by atoms with E-state index in [4.69, 9.17) is 9.78 Å². The lowest BCUT2D eigenvalue weighted by Crippen LogP contribution is -2.02. The van der Waals surface area contributed by atoms with Crippen LogP contribution in [0.1, 0.15) is 17.0 Å². The van der Waals surface area contributed by atoms with Crippen LogP contribution in [0.25, 0.3) is 0 Å². The Morgan fingerprint density at radius 2 is 2.35 bits per heavy atom. The van der Waals surface area contributed by atoms with Crippen molar-refractivity contribution in [1.82, 2.24) is 5.16 Å². The molecule has 1 aromatic heterocycles. The lowest BCUT2D eigenvalue weighted by molar-refractivity contribution is 0.391. The van der Waals surface area contributed by atoms with Crippen LogP contribution in [0.15, 0.2) is 28.8 Å². The zero-order valence-corrected chi connectivity index (χ0v) is 9.20. The van der Waals surface area contributed by atoms with Gasteiger partial charge in [-0.2, -0.15) is 5.26 Å². The van der Waals surface area contributed by atoms with Crippen molar-refractivity contribution < 1.29 is 8.91 Å². The van der Waals surface area contributed by atoms with Gasteiger partial charge in [0.15, 0.2) is 0 Å². The molecular formula is C12H10FN3O. The molecule has 0 amide bonds. The Bertz CT molecular complexity index is 571. The molecule has 5 heteroatoms. The van der Waals surface area contributed by atoms with Crippen LogP contribution in [0.2, 0.25) is 0 Å². The summed E-state index contributed by atoms with van der Waals surface area (Å²) in [7, 11) is 0. The predicted octanol–water partition coefficient (Wildman–Crippen LogP) is 2.61. The molecule has 0 aliphatic carbocycles. The van der Waals surface area contributed by atoms with Gasteiger partial charge in [-0.05, 0) is 19.1 Å². The van der Waals surface area contributed by atoms with Crippen LogP contribution in [0, 0.1) is 24.1 Å². The number of nitrogens with zero attached hydrogens (tertiary/aromatic N) is 2. The van der Waals surface area contributed by atoms with Crippen LogP contribution in [0.4, 0.5) is 10.1 Å². The van der Waals surface area contributed by atoms with Gasteiger partial charge in [-0.1, -0.05) is 11.2 Å². The van der Waals surface area contributed by atoms with E-state index >= 15 is 0 Å². The molecule has 1 heterocycles. The first kappa shape index (κ1) is 11.1. The number of hydrogen-bond donors (Lipinski definition) is 1. The summed E-state index contributed by atoms with van der Waals surface area (Å²) in [4.78, 5) is 0. The van der Waals surface area contributed by atoms with Crippen LogP contribution >= 0.6 is 0 Å². The van der Waals surface area contributed by atoms with E-state index in [1.54, 1.807) is 25.1 Å². The van der Waals surface area contributed by atoms with Crippen molar-refractivity contribution in [3.63, 3.8) is 0 Å². The van der Waals surface area contributed by atoms with Crippen molar-refractivity contribution in [2.24, 2.45) is 0 Å². The first-order valence-corrected chi connectivity index (χ1v) is 5.05. The number of rotatable bonds is 3. The number of anilines is 1. The minimum atomic E-state index is -0.533. The van der Waals surface area contributed by atoms with E-state index in [0.717, 1.165) is 0 Å². The van der Waals surface area contributed by atoms with Gasteiger partial charge in [0, 0.05) is 6.07 Å². The molecule has 0 aliphatic heterocycles. The van der Waals surface area contributed by atoms with Crippen LogP contribution in [-0.4, -0.2) is 5.16 Å². The van der Waals surface area contributed by atoms with Gasteiger partial charge in [-0.3, -0.25) is 0 Å². The minimum Gasteiger partial charge on any atom is -0.378 e. The lowest BCUT2D eigenvalue weighted by Gasteiger charge is -2.06. The van der Waals surface area contributed by atoms with E-state index < -0.39 is 5.82 Å². The Balaban J connectivity index is 2.14. The largest absolute Gasteiger partial charge is 0.378 e. The fourth-order valence-corrected chi connectivity index (χ4v) is 1.47. The van der Waals surface area contributed by atoms with Crippen LogP contribution in [0.3, 0.4) is 0 Å². The molecular weight excluding hydrogens is 221 g/mol. The highest BCUT2D eigenvalue weighted by atomic mass is 19.1. The van der Waals surface area contributed by atoms with Crippen LogP contribution in [-0.2, 0) is 6.54 Å². The second-order valence-corrected chi connectivity index (χ2v) is 3.56. The first-order chi connectivity index (χ1) is 8.20. The van der Waals surface area contributed by atoms with Gasteiger partial charge in [-0.15, -0.1) is 0 Å². The molecule has 0 saturated carbocycles. The lowest BCUT2D eigenvalue weighted by atomic mass is 10.2. The minimum absolute atomic E-state index is 0.00715. The molecule has 17 heavy (non-hydrogen) atoms. The maximum absolute atomic E-state index is 13.3. The summed E-state index contributed by atoms with van der Waals surface area (Å²) in [6.45, 7) is 2.18. The van der Waals surface area contributed by atoms with E-state index in [1.807, 2.05) is 6.07 Å². The summed E-state index contributed by atoms with van der Waals surface area (Å²) < 4.78 is 18.2. The van der Waals surface area contributed by atoms with Crippen molar-refractivity contribution in [3.8, 4) is 6.07 Å². The average molecular weight is 231 g/mol. The summed E-state index contributed by atoms with van der Waals surface area (Å²) in [5.41, 5.74) is 1.16. The third-order valence-corrected chi connectivity index (χ3v) is 2.26. The SMILES string of the molecule is Cc1cc(CNc2cccc(F)c2C#N)no1. The van der Waals surface area contributed by atoms with Crippen molar-refractivity contribution in [1.29, 1.82) is 5.26 Å². The molecule has 0 spiro atoms. The molecule has 0 aliphatic rings. The number of hydrogen-bond acceptors (Lipinski definition) is 4. The number of halogens is 1. The smallest absolute Gasteiger partial charge is 0.143 e. The summed E-state index contributed by atoms with van der Waals surface area (Å²) in [5, 5.41) is 15.6. The zero-order chi connectivity index (χ0) is 12.3. The second kappa shape index (κ2) is 4.66. The maximum Gasteiger partial charge on any atom is 0.143 e. The van der Waals surface area contributed by atoms with Crippen LogP contribution < -0.4 is 5.32 Å². The van der Waals surface area contributed by atoms with Gasteiger partial charge >= 0.3 is 0 Å². The van der Waals surface area contributed by atoms with Crippen molar-refractivity contribution in [2.75, 3.05) is 5.32 Å². The number of nitrogens with one attached hydrogen (secondary N) is 1. The Labute approximate surface area is 97.7 Å². The Hall–Kier alpha value is -2.35. The van der Waals surface area contributed by atoms with Crippen molar-refractivity contribution >= 4 is 5.69 Å². The highest BCUT2D eigenvalue weighted by Crippen LogP contribution is 2.18. The molecule has 0 fully saturated rings. The Morgan fingerprint density at radius 3 is 3.00 bits per heavy atom. The number of benzene rings is 1. The van der Waals surface area contributed by atoms with Crippen molar-refractivity contribution in [2.45, 2.75) is 13.5 Å². The molecule has 0 saturated heterocycles. The summed E-state index contributed by atoms with van der Waals surface area (Å²) in [6, 6.07) is 8.05. The number of nitriles is 1. The molecule has 1 aromatic carbocycles. The maximum atomic E-state index is 13.3. The van der Waals surface area contributed by atoms with E-state index in [1.165, 1.54) is 6.07 Å². The Kier molecular flexibility index (Phi) is 3.06. The van der Waals surface area contributed by atoms with E-state index in [9.17, 15) is 4.39 Å². The van der Waals surface area contributed by atoms with Gasteiger partial charge in [0.05, 0.1) is 12.2 Å². The molecule has 2 rings (SSSR count). The highest BCUT2D eigenvalue weighted by molar-refractivity contribution is 5.57. The zero-order valence-electron chi connectivity index (χ0n) is 9.20. The number of aromatic nitrogens is 1. The van der Waals surface area contributed by atoms with E-state index in [0.29, 0.717) is 23.7 Å². The Morgan fingerprint density at radius 1 is 1.53 bits per heavy atom. The predicted molar refractivity (Wildman–Crippen MR) is 59.7 cm³/mol. The topological polar surface area (TPSA) is 61.9 Å². The van der Waals surface area contributed by atoms with Gasteiger partial charge in [-0.25, -0.2) is 4.39 Å². The second-order valence-electron chi connectivity index (χ2n) is 3.56. The molecule has 0 atom stereocenters. The molecule has 86 valence electrons. The normalized spacial score (nSPS) is 9.94. The molecule has 1 N–H and O–H groups in total. The average Bonchev–Trinajstić information content (AvgIpc) is 2.72. The van der Waals surface area contributed by atoms with Gasteiger partial charge in [0.2, 0.25) is 0 Å². The fourth-order valence-electron chi connectivity index (χ4n) is 1.47. The summed E-state index contributed by atoms with van der Waals surface area (Å²) in [5.74, 6) is 0.176. The first-order valence-electron chi connectivity index (χ1n) is 5.05. The fraction of sp³-hybridized carbons (Fsp3) is 0.167. The monoisotopic (exact) mass is 231 g/mol. The van der Waals surface area contributed by atoms with E-state index in [2.05, 4.69) is 10.5 Å². The van der Waals surface area contributed by atoms with Gasteiger partial charge in [0.25, 0.3) is 0 Å². The standard InChI is InChI=1S/C12H10FN3O/c1-8-5-9(16-17-8)7-15-12-4-2-3-11(13)10(12)6-14/h2-5,15H,7H2,1H3. The van der Waals surface area contributed by atoms with E-state index in [-0.39, 0.29) is 5.56 Å². The summed E-state index contributed by atoms with van der Waals surface area (Å²) >= 11 is 0. The molecule has 0 unspecified atom stereocenters. The highest BCUT2D eigenvalue weighted by Gasteiger charge is 2.08. The molecule has 0 radical (unpaired) electrons. The third kappa shape index (κ3) is 2.42. The quantitative estimate of drug-likeness (QED) is 0.881. The van der Waals surface area contributed by atoms with Gasteiger partial charge < -0.3 is 9.84 Å². The molecule has 2 aromatic rings. The van der Waals surface area contributed by atoms with Gasteiger partial charge in [0.1, 0.15) is 28.9 Å². The third-order valence-electron chi connectivity index (χ3n) is 2.26. The summed E-state index contributed by atoms with van der Waals surface area (Å²) in [6.07, 6.45) is 0. The van der Waals surface area contributed by atoms with Crippen LogP contribution in [0.5, 0.6) is 0 Å². The number of aryl methyl sites for hydroxylation is 1. The molecule has 0 bridgehead atoms. The molecule has 4 nitrogen and oxygen atoms in total.